The van der Waals surface area contributed by atoms with Crippen molar-refractivity contribution in [3.63, 3.8) is 0 Å². The van der Waals surface area contributed by atoms with Crippen molar-refractivity contribution in [2.75, 3.05) is 13.2 Å². The molecule has 3 rings (SSSR count). The van der Waals surface area contributed by atoms with Gasteiger partial charge in [0.2, 0.25) is 0 Å². The van der Waals surface area contributed by atoms with Crippen LogP contribution in [0.4, 0.5) is 0 Å². The monoisotopic (exact) mass is 488 g/mol. The van der Waals surface area contributed by atoms with Gasteiger partial charge in [-0.15, -0.1) is 0 Å². The van der Waals surface area contributed by atoms with E-state index in [1.807, 2.05) is 0 Å². The lowest BCUT2D eigenvalue weighted by Gasteiger charge is -2.44. The second-order valence-corrected chi connectivity index (χ2v) is 7.96. The van der Waals surface area contributed by atoms with Crippen LogP contribution >= 0.6 is 0 Å². The molecule has 0 unspecified atom stereocenters. The number of rotatable bonds is 6. The fraction of sp³-hybridized carbons (Fsp3) is 0.941. The van der Waals surface area contributed by atoms with Crippen LogP contribution in [-0.2, 0) is 28.5 Å². The van der Waals surface area contributed by atoms with Crippen LogP contribution in [0.15, 0.2) is 0 Å². The first-order valence-corrected chi connectivity index (χ1v) is 9.99. The minimum absolute atomic E-state index is 0.412. The Balaban J connectivity index is 1.63. The quantitative estimate of drug-likeness (QED) is 0.166. The second-order valence-electron chi connectivity index (χ2n) is 7.96. The SMILES string of the molecule is O=C(O)[C@H]1O[C@@H](OC[C@H]2O[C@@H](O[C@H]3CO[C@@H](O)[C@H](O)[C@H]3O)[C@H](O)[C@@H](O)[C@@H]2O)[C@H](O)[C@@H](O)[C@@H]1O. The van der Waals surface area contributed by atoms with Gasteiger partial charge in [-0.1, -0.05) is 0 Å². The number of carboxylic acids is 1. The molecule has 192 valence electrons. The fourth-order valence-electron chi connectivity index (χ4n) is 3.62. The Morgan fingerprint density at radius 2 is 1.33 bits per heavy atom. The lowest BCUT2D eigenvalue weighted by molar-refractivity contribution is -0.350. The first kappa shape index (κ1) is 26.5. The van der Waals surface area contributed by atoms with Gasteiger partial charge in [0.1, 0.15) is 61.0 Å². The molecule has 3 fully saturated rings. The molecule has 3 aliphatic rings. The molecular formula is C17H28O16. The maximum Gasteiger partial charge on any atom is 0.335 e. The van der Waals surface area contributed by atoms with Crippen molar-refractivity contribution in [1.82, 2.24) is 0 Å². The van der Waals surface area contributed by atoms with Crippen LogP contribution in [0.5, 0.6) is 0 Å². The molecule has 0 aromatic carbocycles. The van der Waals surface area contributed by atoms with Crippen molar-refractivity contribution in [2.45, 2.75) is 86.0 Å². The van der Waals surface area contributed by atoms with E-state index in [1.54, 1.807) is 0 Å². The van der Waals surface area contributed by atoms with Crippen molar-refractivity contribution < 1.29 is 79.5 Å². The number of aliphatic hydroxyl groups excluding tert-OH is 9. The Hall–Kier alpha value is -1.09. The largest absolute Gasteiger partial charge is 0.479 e. The van der Waals surface area contributed by atoms with Gasteiger partial charge in [0.05, 0.1) is 13.2 Å². The second kappa shape index (κ2) is 10.7. The van der Waals surface area contributed by atoms with Crippen LogP contribution in [0, 0.1) is 0 Å². The van der Waals surface area contributed by atoms with Crippen LogP contribution < -0.4 is 0 Å². The van der Waals surface area contributed by atoms with Crippen molar-refractivity contribution in [2.24, 2.45) is 0 Å². The van der Waals surface area contributed by atoms with E-state index < -0.39 is 105 Å². The zero-order valence-electron chi connectivity index (χ0n) is 16.9. The lowest BCUT2D eigenvalue weighted by Crippen LogP contribution is -2.63. The molecule has 0 aromatic heterocycles. The van der Waals surface area contributed by atoms with Crippen molar-refractivity contribution in [3.05, 3.63) is 0 Å². The third-order valence-electron chi connectivity index (χ3n) is 5.67. The molecule has 10 N–H and O–H groups in total. The third-order valence-corrected chi connectivity index (χ3v) is 5.67. The first-order valence-electron chi connectivity index (χ1n) is 9.99. The maximum atomic E-state index is 11.2. The summed E-state index contributed by atoms with van der Waals surface area (Å²) in [6.07, 6.45) is -24.3. The minimum atomic E-state index is -1.94. The number of ether oxygens (including phenoxy) is 5. The topological polar surface area (TPSA) is 266 Å². The zero-order valence-corrected chi connectivity index (χ0v) is 16.9. The van der Waals surface area contributed by atoms with E-state index >= 15 is 0 Å². The number of carbonyl (C=O) groups is 1. The van der Waals surface area contributed by atoms with E-state index in [9.17, 15) is 50.8 Å². The van der Waals surface area contributed by atoms with E-state index in [0.29, 0.717) is 0 Å². The summed E-state index contributed by atoms with van der Waals surface area (Å²) in [6, 6.07) is 0. The highest BCUT2D eigenvalue weighted by molar-refractivity contribution is 5.73. The highest BCUT2D eigenvalue weighted by atomic mass is 16.7. The minimum Gasteiger partial charge on any atom is -0.479 e. The van der Waals surface area contributed by atoms with Gasteiger partial charge in [-0.3, -0.25) is 0 Å². The maximum absolute atomic E-state index is 11.2. The molecule has 0 aliphatic carbocycles. The number of hydrogen-bond acceptors (Lipinski definition) is 15. The van der Waals surface area contributed by atoms with E-state index in [2.05, 4.69) is 0 Å². The zero-order chi connectivity index (χ0) is 24.6. The van der Waals surface area contributed by atoms with Gasteiger partial charge in [-0.2, -0.15) is 0 Å². The van der Waals surface area contributed by atoms with E-state index in [-0.39, 0.29) is 0 Å². The number of aliphatic carboxylic acids is 1. The fourth-order valence-corrected chi connectivity index (χ4v) is 3.62. The first-order chi connectivity index (χ1) is 15.4. The molecule has 0 saturated carbocycles. The molecule has 0 aromatic rings. The predicted octanol–water partition coefficient (Wildman–Crippen LogP) is -6.84. The Bertz CT molecular complexity index is 665. The third kappa shape index (κ3) is 5.44. The summed E-state index contributed by atoms with van der Waals surface area (Å²) >= 11 is 0. The normalized spacial score (nSPS) is 51.3. The van der Waals surface area contributed by atoms with Gasteiger partial charge in [0.25, 0.3) is 0 Å². The van der Waals surface area contributed by atoms with E-state index in [1.165, 1.54) is 0 Å². The molecule has 3 heterocycles. The van der Waals surface area contributed by atoms with Gasteiger partial charge in [0, 0.05) is 0 Å². The van der Waals surface area contributed by atoms with Crippen LogP contribution in [0.2, 0.25) is 0 Å². The number of hydrogen-bond donors (Lipinski definition) is 10. The smallest absolute Gasteiger partial charge is 0.335 e. The predicted molar refractivity (Wildman–Crippen MR) is 95.8 cm³/mol. The van der Waals surface area contributed by atoms with Crippen molar-refractivity contribution in [3.8, 4) is 0 Å². The van der Waals surface area contributed by atoms with Crippen LogP contribution in [0.1, 0.15) is 0 Å². The number of carboxylic acid groups (broad SMARTS) is 1. The van der Waals surface area contributed by atoms with E-state index in [0.717, 1.165) is 0 Å². The Kier molecular flexibility index (Phi) is 8.57. The molecule has 16 nitrogen and oxygen atoms in total. The molecule has 0 spiro atoms. The molecule has 0 bridgehead atoms. The van der Waals surface area contributed by atoms with Crippen LogP contribution in [0.25, 0.3) is 0 Å². The summed E-state index contributed by atoms with van der Waals surface area (Å²) < 4.78 is 25.7. The molecule has 0 amide bonds. The molecule has 33 heavy (non-hydrogen) atoms. The van der Waals surface area contributed by atoms with Crippen LogP contribution in [0.3, 0.4) is 0 Å². The summed E-state index contributed by atoms with van der Waals surface area (Å²) in [4.78, 5) is 11.2. The average Bonchev–Trinajstić information content (AvgIpc) is 2.78. The van der Waals surface area contributed by atoms with Crippen molar-refractivity contribution in [1.29, 1.82) is 0 Å². The summed E-state index contributed by atoms with van der Waals surface area (Å²) in [7, 11) is 0. The average molecular weight is 488 g/mol. The molecular weight excluding hydrogens is 460 g/mol. The summed E-state index contributed by atoms with van der Waals surface area (Å²) in [5.74, 6) is -1.64. The van der Waals surface area contributed by atoms with Gasteiger partial charge in [-0.25, -0.2) is 4.79 Å². The molecule has 0 radical (unpaired) electrons. The highest BCUT2D eigenvalue weighted by Gasteiger charge is 2.50. The highest BCUT2D eigenvalue weighted by Crippen LogP contribution is 2.28. The van der Waals surface area contributed by atoms with Crippen LogP contribution in [-0.4, -0.2) is 156 Å². The van der Waals surface area contributed by atoms with Gasteiger partial charge in [0.15, 0.2) is 25.0 Å². The van der Waals surface area contributed by atoms with Gasteiger partial charge in [-0.05, 0) is 0 Å². The molecule has 3 saturated heterocycles. The Morgan fingerprint density at radius 1 is 0.727 bits per heavy atom. The Labute approximate surface area is 185 Å². The molecule has 16 heteroatoms. The summed E-state index contributed by atoms with van der Waals surface area (Å²) in [5, 5.41) is 98.1. The Morgan fingerprint density at radius 3 is 1.97 bits per heavy atom. The van der Waals surface area contributed by atoms with Gasteiger partial charge < -0.3 is 74.7 Å². The lowest BCUT2D eigenvalue weighted by atomic mass is 9.98. The van der Waals surface area contributed by atoms with Crippen molar-refractivity contribution >= 4 is 5.97 Å². The van der Waals surface area contributed by atoms with E-state index in [4.69, 9.17) is 28.8 Å². The standard InChI is InChI=1S/C17H28O16/c18-5-4(2-30-16-11(24)8(21)9(22)13(33-16)14(26)27)32-17(12(25)7(5)20)31-3-1-29-15(28)10(23)6(3)19/h3-13,15-25,28H,1-2H2,(H,26,27)/t3-,4+,5+,6-,7-,8-,9-,10+,11+,12+,13-,15+,16+,17+/m0/s1. The number of aliphatic hydroxyl groups is 9. The van der Waals surface area contributed by atoms with Gasteiger partial charge >= 0.3 is 5.97 Å². The molecule has 3 aliphatic heterocycles. The summed E-state index contributed by atoms with van der Waals surface area (Å²) in [6.45, 7) is -1.09. The summed E-state index contributed by atoms with van der Waals surface area (Å²) in [5.41, 5.74) is 0. The molecule has 14 atom stereocenters.